The van der Waals surface area contributed by atoms with E-state index in [0.29, 0.717) is 6.10 Å². The first-order valence-corrected chi connectivity index (χ1v) is 7.77. The molecule has 1 aliphatic rings. The van der Waals surface area contributed by atoms with E-state index in [1.165, 1.54) is 44.1 Å². The first kappa shape index (κ1) is 15.3. The van der Waals surface area contributed by atoms with Crippen molar-refractivity contribution in [1.29, 1.82) is 0 Å². The molecular formula is C17H27NO2. The maximum atomic E-state index is 6.37. The van der Waals surface area contributed by atoms with Gasteiger partial charge in [-0.2, -0.15) is 0 Å². The predicted octanol–water partition coefficient (Wildman–Crippen LogP) is 3.70. The second-order valence-corrected chi connectivity index (χ2v) is 5.57. The zero-order valence-corrected chi connectivity index (χ0v) is 12.7. The molecule has 1 aromatic rings. The second kappa shape index (κ2) is 8.28. The van der Waals surface area contributed by atoms with Gasteiger partial charge in [0.2, 0.25) is 0 Å². The van der Waals surface area contributed by atoms with E-state index in [1.54, 1.807) is 7.11 Å². The number of benzene rings is 1. The lowest BCUT2D eigenvalue weighted by molar-refractivity contribution is -0.0193. The molecule has 0 heterocycles. The molecule has 1 fully saturated rings. The molecule has 0 spiro atoms. The largest absolute Gasteiger partial charge is 0.497 e. The number of rotatable bonds is 6. The second-order valence-electron chi connectivity index (χ2n) is 5.57. The predicted molar refractivity (Wildman–Crippen MR) is 82.2 cm³/mol. The molecule has 1 unspecified atom stereocenters. The molecule has 3 heteroatoms. The zero-order valence-electron chi connectivity index (χ0n) is 12.7. The number of hydrogen-bond donors (Lipinski definition) is 1. The molecule has 1 atom stereocenters. The Morgan fingerprint density at radius 2 is 1.75 bits per heavy atom. The highest BCUT2D eigenvalue weighted by molar-refractivity contribution is 5.28. The lowest BCUT2D eigenvalue weighted by atomic mass is 10.1. The molecule has 1 aliphatic carbocycles. The van der Waals surface area contributed by atoms with Crippen LogP contribution in [0.25, 0.3) is 0 Å². The van der Waals surface area contributed by atoms with Crippen LogP contribution in [-0.2, 0) is 4.74 Å². The van der Waals surface area contributed by atoms with Crippen molar-refractivity contribution in [2.24, 2.45) is 0 Å². The van der Waals surface area contributed by atoms with Gasteiger partial charge in [0.1, 0.15) is 5.75 Å². The van der Waals surface area contributed by atoms with Crippen molar-refractivity contribution in [2.75, 3.05) is 20.7 Å². The average molecular weight is 277 g/mol. The summed E-state index contributed by atoms with van der Waals surface area (Å²) >= 11 is 0. The summed E-state index contributed by atoms with van der Waals surface area (Å²) < 4.78 is 11.6. The Morgan fingerprint density at radius 1 is 1.10 bits per heavy atom. The van der Waals surface area contributed by atoms with Gasteiger partial charge in [0.25, 0.3) is 0 Å². The molecular weight excluding hydrogens is 250 g/mol. The molecule has 0 saturated heterocycles. The summed E-state index contributed by atoms with van der Waals surface area (Å²) in [6.45, 7) is 0.850. The van der Waals surface area contributed by atoms with Gasteiger partial charge in [-0.25, -0.2) is 0 Å². The Balaban J connectivity index is 2.00. The summed E-state index contributed by atoms with van der Waals surface area (Å²) in [5.74, 6) is 0.895. The van der Waals surface area contributed by atoms with Gasteiger partial charge >= 0.3 is 0 Å². The highest BCUT2D eigenvalue weighted by atomic mass is 16.5. The minimum atomic E-state index is 0.133. The van der Waals surface area contributed by atoms with Crippen molar-refractivity contribution >= 4 is 0 Å². The van der Waals surface area contributed by atoms with Crippen LogP contribution in [0.4, 0.5) is 0 Å². The van der Waals surface area contributed by atoms with E-state index in [0.717, 1.165) is 12.3 Å². The van der Waals surface area contributed by atoms with E-state index >= 15 is 0 Å². The van der Waals surface area contributed by atoms with E-state index in [1.807, 2.05) is 19.2 Å². The van der Waals surface area contributed by atoms with Crippen molar-refractivity contribution in [3.63, 3.8) is 0 Å². The molecule has 20 heavy (non-hydrogen) atoms. The smallest absolute Gasteiger partial charge is 0.118 e. The third-order valence-corrected chi connectivity index (χ3v) is 4.04. The van der Waals surface area contributed by atoms with Gasteiger partial charge in [-0.3, -0.25) is 0 Å². The number of likely N-dealkylation sites (N-methyl/N-ethyl adjacent to an activating group) is 1. The molecule has 112 valence electrons. The van der Waals surface area contributed by atoms with Crippen LogP contribution in [0.2, 0.25) is 0 Å². The van der Waals surface area contributed by atoms with Gasteiger partial charge in [0, 0.05) is 6.54 Å². The first-order chi connectivity index (χ1) is 9.83. The summed E-state index contributed by atoms with van der Waals surface area (Å²) in [5, 5.41) is 3.24. The number of hydrogen-bond acceptors (Lipinski definition) is 3. The van der Waals surface area contributed by atoms with Crippen LogP contribution in [0.3, 0.4) is 0 Å². The minimum absolute atomic E-state index is 0.133. The van der Waals surface area contributed by atoms with Crippen LogP contribution in [0.5, 0.6) is 5.75 Å². The van der Waals surface area contributed by atoms with E-state index in [-0.39, 0.29) is 6.10 Å². The van der Waals surface area contributed by atoms with Gasteiger partial charge in [-0.05, 0) is 37.6 Å². The van der Waals surface area contributed by atoms with E-state index in [9.17, 15) is 0 Å². The monoisotopic (exact) mass is 277 g/mol. The summed E-state index contributed by atoms with van der Waals surface area (Å²) in [6.07, 6.45) is 8.29. The SMILES string of the molecule is CNCC(OC1CCCCCC1)c1ccc(OC)cc1. The van der Waals surface area contributed by atoms with Crippen LogP contribution in [0.1, 0.15) is 50.2 Å². The third-order valence-electron chi connectivity index (χ3n) is 4.04. The Morgan fingerprint density at radius 3 is 2.30 bits per heavy atom. The van der Waals surface area contributed by atoms with Crippen LogP contribution >= 0.6 is 0 Å². The van der Waals surface area contributed by atoms with Gasteiger partial charge in [-0.1, -0.05) is 37.8 Å². The van der Waals surface area contributed by atoms with Crippen LogP contribution in [-0.4, -0.2) is 26.8 Å². The Labute approximate surface area is 122 Å². The Hall–Kier alpha value is -1.06. The van der Waals surface area contributed by atoms with E-state index in [4.69, 9.17) is 9.47 Å². The molecule has 0 amide bonds. The zero-order chi connectivity index (χ0) is 14.2. The molecule has 1 N–H and O–H groups in total. The number of ether oxygens (including phenoxy) is 2. The fraction of sp³-hybridized carbons (Fsp3) is 0.647. The summed E-state index contributed by atoms with van der Waals surface area (Å²) in [6, 6.07) is 8.23. The van der Waals surface area contributed by atoms with E-state index < -0.39 is 0 Å². The minimum Gasteiger partial charge on any atom is -0.497 e. The summed E-state index contributed by atoms with van der Waals surface area (Å²) in [5.41, 5.74) is 1.23. The molecule has 0 aromatic heterocycles. The third kappa shape index (κ3) is 4.50. The lowest BCUT2D eigenvalue weighted by Crippen LogP contribution is -2.24. The average Bonchev–Trinajstić information content (AvgIpc) is 2.76. The highest BCUT2D eigenvalue weighted by Gasteiger charge is 2.19. The highest BCUT2D eigenvalue weighted by Crippen LogP contribution is 2.27. The summed E-state index contributed by atoms with van der Waals surface area (Å²) in [7, 11) is 3.68. The van der Waals surface area contributed by atoms with Gasteiger partial charge in [0.15, 0.2) is 0 Å². The molecule has 3 nitrogen and oxygen atoms in total. The maximum Gasteiger partial charge on any atom is 0.118 e. The molecule has 0 bridgehead atoms. The first-order valence-electron chi connectivity index (χ1n) is 7.77. The fourth-order valence-electron chi connectivity index (χ4n) is 2.86. The van der Waals surface area contributed by atoms with Crippen LogP contribution < -0.4 is 10.1 Å². The van der Waals surface area contributed by atoms with Crippen molar-refractivity contribution in [2.45, 2.75) is 50.7 Å². The molecule has 2 rings (SSSR count). The topological polar surface area (TPSA) is 30.5 Å². The quantitative estimate of drug-likeness (QED) is 0.804. The molecule has 1 aromatic carbocycles. The van der Waals surface area contributed by atoms with Crippen molar-refractivity contribution in [3.8, 4) is 5.75 Å². The normalized spacial score (nSPS) is 18.5. The Bertz CT molecular complexity index is 369. The Kier molecular flexibility index (Phi) is 6.34. The van der Waals surface area contributed by atoms with Crippen molar-refractivity contribution < 1.29 is 9.47 Å². The number of nitrogens with one attached hydrogen (secondary N) is 1. The molecule has 0 radical (unpaired) electrons. The van der Waals surface area contributed by atoms with Gasteiger partial charge in [-0.15, -0.1) is 0 Å². The summed E-state index contributed by atoms with van der Waals surface area (Å²) in [4.78, 5) is 0. The number of methoxy groups -OCH3 is 1. The maximum absolute atomic E-state index is 6.37. The lowest BCUT2D eigenvalue weighted by Gasteiger charge is -2.24. The van der Waals surface area contributed by atoms with Crippen molar-refractivity contribution in [3.05, 3.63) is 29.8 Å². The van der Waals surface area contributed by atoms with Crippen LogP contribution in [0.15, 0.2) is 24.3 Å². The molecule has 0 aliphatic heterocycles. The molecule has 1 saturated carbocycles. The van der Waals surface area contributed by atoms with Crippen molar-refractivity contribution in [1.82, 2.24) is 5.32 Å². The van der Waals surface area contributed by atoms with E-state index in [2.05, 4.69) is 17.4 Å². The standard InChI is InChI=1S/C17H27NO2/c1-18-13-17(14-9-11-15(19-2)12-10-14)20-16-7-5-3-4-6-8-16/h9-12,16-18H,3-8,13H2,1-2H3. The van der Waals surface area contributed by atoms with Gasteiger partial charge in [0.05, 0.1) is 19.3 Å². The fourth-order valence-corrected chi connectivity index (χ4v) is 2.86. The van der Waals surface area contributed by atoms with Crippen LogP contribution in [0, 0.1) is 0 Å². The van der Waals surface area contributed by atoms with Gasteiger partial charge < -0.3 is 14.8 Å².